The van der Waals surface area contributed by atoms with Crippen molar-refractivity contribution in [3.05, 3.63) is 24.3 Å². The van der Waals surface area contributed by atoms with Crippen LogP contribution < -0.4 is 10.1 Å². The van der Waals surface area contributed by atoms with Crippen LogP contribution >= 0.6 is 0 Å². The van der Waals surface area contributed by atoms with Crippen molar-refractivity contribution in [1.29, 1.82) is 0 Å². The second-order valence-corrected chi connectivity index (χ2v) is 5.63. The van der Waals surface area contributed by atoms with E-state index in [1.54, 1.807) is 0 Å². The maximum Gasteiger partial charge on any atom is 0.224 e. The van der Waals surface area contributed by atoms with Crippen LogP contribution in [-0.4, -0.2) is 12.5 Å². The number of rotatable bonds is 5. The minimum absolute atomic E-state index is 0.0106. The molecule has 0 aliphatic heterocycles. The summed E-state index contributed by atoms with van der Waals surface area (Å²) in [5.74, 6) is 0.761. The van der Waals surface area contributed by atoms with Crippen LogP contribution in [0.5, 0.6) is 5.75 Å². The van der Waals surface area contributed by atoms with Crippen LogP contribution in [0.2, 0.25) is 0 Å². The van der Waals surface area contributed by atoms with Crippen LogP contribution in [0.4, 0.5) is 5.69 Å². The number of nitrogens with one attached hydrogen (secondary N) is 1. The zero-order valence-corrected chi connectivity index (χ0v) is 11.7. The molecule has 0 bridgehead atoms. The van der Waals surface area contributed by atoms with Gasteiger partial charge in [-0.1, -0.05) is 39.8 Å². The average molecular weight is 249 g/mol. The van der Waals surface area contributed by atoms with E-state index in [4.69, 9.17) is 4.74 Å². The molecular weight excluding hydrogens is 226 g/mol. The lowest BCUT2D eigenvalue weighted by molar-refractivity contribution is -0.117. The van der Waals surface area contributed by atoms with Crippen molar-refractivity contribution in [2.24, 2.45) is 5.41 Å². The highest BCUT2D eigenvalue weighted by Crippen LogP contribution is 2.25. The highest BCUT2D eigenvalue weighted by molar-refractivity contribution is 5.92. The molecule has 0 atom stereocenters. The zero-order chi connectivity index (χ0) is 13.6. The Morgan fingerprint density at radius 1 is 1.28 bits per heavy atom. The van der Waals surface area contributed by atoms with Crippen molar-refractivity contribution in [3.8, 4) is 5.75 Å². The Kier molecular flexibility index (Phi) is 5.20. The van der Waals surface area contributed by atoms with Crippen LogP contribution in [0, 0.1) is 5.41 Å². The molecule has 1 amide bonds. The number of amides is 1. The molecule has 1 aromatic rings. The molecule has 0 unspecified atom stereocenters. The first-order valence-corrected chi connectivity index (χ1v) is 6.44. The molecule has 18 heavy (non-hydrogen) atoms. The fourth-order valence-corrected chi connectivity index (χ4v) is 1.58. The first-order valence-electron chi connectivity index (χ1n) is 6.44. The number of hydrogen-bond donors (Lipinski definition) is 1. The number of carbonyl (C=O) groups excluding carboxylic acids is 1. The van der Waals surface area contributed by atoms with Crippen LogP contribution in [0.3, 0.4) is 0 Å². The molecule has 0 radical (unpaired) electrons. The molecule has 0 aliphatic carbocycles. The first-order chi connectivity index (χ1) is 8.42. The molecule has 1 N–H and O–H groups in total. The molecule has 100 valence electrons. The summed E-state index contributed by atoms with van der Waals surface area (Å²) in [4.78, 5) is 11.9. The zero-order valence-electron chi connectivity index (χ0n) is 11.7. The molecule has 1 rings (SSSR count). The number of anilines is 1. The van der Waals surface area contributed by atoms with Crippen molar-refractivity contribution >= 4 is 11.6 Å². The summed E-state index contributed by atoms with van der Waals surface area (Å²) in [6, 6.07) is 7.55. The van der Waals surface area contributed by atoms with Crippen LogP contribution in [0.15, 0.2) is 24.3 Å². The van der Waals surface area contributed by atoms with Crippen LogP contribution in [0.1, 0.15) is 40.5 Å². The van der Waals surface area contributed by atoms with Gasteiger partial charge in [-0.2, -0.15) is 0 Å². The second kappa shape index (κ2) is 6.43. The van der Waals surface area contributed by atoms with E-state index in [9.17, 15) is 4.79 Å². The van der Waals surface area contributed by atoms with E-state index in [0.29, 0.717) is 13.0 Å². The molecule has 0 fully saturated rings. The van der Waals surface area contributed by atoms with Gasteiger partial charge in [-0.05, 0) is 24.0 Å². The van der Waals surface area contributed by atoms with E-state index in [2.05, 4.69) is 12.2 Å². The molecule has 0 spiro atoms. The van der Waals surface area contributed by atoms with E-state index >= 15 is 0 Å². The summed E-state index contributed by atoms with van der Waals surface area (Å²) in [6.07, 6.45) is 1.44. The monoisotopic (exact) mass is 249 g/mol. The fourth-order valence-electron chi connectivity index (χ4n) is 1.58. The molecular formula is C15H23NO2. The Hall–Kier alpha value is -1.51. The Bertz CT molecular complexity index is 394. The van der Waals surface area contributed by atoms with Gasteiger partial charge in [-0.3, -0.25) is 4.79 Å². The van der Waals surface area contributed by atoms with Gasteiger partial charge < -0.3 is 10.1 Å². The minimum Gasteiger partial charge on any atom is -0.491 e. The minimum atomic E-state index is -0.0106. The third kappa shape index (κ3) is 5.21. The van der Waals surface area contributed by atoms with E-state index in [-0.39, 0.29) is 11.3 Å². The van der Waals surface area contributed by atoms with Gasteiger partial charge in [0, 0.05) is 6.42 Å². The van der Waals surface area contributed by atoms with Crippen LogP contribution in [-0.2, 0) is 4.79 Å². The summed E-state index contributed by atoms with van der Waals surface area (Å²) in [5, 5.41) is 2.91. The van der Waals surface area contributed by atoms with Crippen molar-refractivity contribution in [1.82, 2.24) is 0 Å². The van der Waals surface area contributed by atoms with Crippen LogP contribution in [0.25, 0.3) is 0 Å². The van der Waals surface area contributed by atoms with Gasteiger partial charge in [0.25, 0.3) is 0 Å². The highest BCUT2D eigenvalue weighted by atomic mass is 16.5. The molecule has 0 aromatic heterocycles. The van der Waals surface area contributed by atoms with E-state index in [1.165, 1.54) is 0 Å². The van der Waals surface area contributed by atoms with E-state index in [0.717, 1.165) is 17.9 Å². The largest absolute Gasteiger partial charge is 0.491 e. The van der Waals surface area contributed by atoms with Crippen molar-refractivity contribution in [2.75, 3.05) is 11.9 Å². The van der Waals surface area contributed by atoms with Gasteiger partial charge in [0.05, 0.1) is 12.3 Å². The third-order valence-corrected chi connectivity index (χ3v) is 2.31. The maximum atomic E-state index is 11.9. The Morgan fingerprint density at radius 3 is 2.56 bits per heavy atom. The van der Waals surface area contributed by atoms with Gasteiger partial charge in [0.15, 0.2) is 0 Å². The number of ether oxygens (including phenoxy) is 1. The molecule has 0 saturated carbocycles. The molecule has 1 aromatic carbocycles. The maximum absolute atomic E-state index is 11.9. The van der Waals surface area contributed by atoms with Crippen molar-refractivity contribution in [3.63, 3.8) is 0 Å². The Balaban J connectivity index is 2.68. The summed E-state index contributed by atoms with van der Waals surface area (Å²) in [7, 11) is 0. The topological polar surface area (TPSA) is 38.3 Å². The average Bonchev–Trinajstić information content (AvgIpc) is 2.25. The van der Waals surface area contributed by atoms with Gasteiger partial charge in [-0.15, -0.1) is 0 Å². The summed E-state index contributed by atoms with van der Waals surface area (Å²) >= 11 is 0. The third-order valence-electron chi connectivity index (χ3n) is 2.31. The quantitative estimate of drug-likeness (QED) is 0.860. The summed E-state index contributed by atoms with van der Waals surface area (Å²) in [5.41, 5.74) is 0.740. The molecule has 3 nitrogen and oxygen atoms in total. The number of carbonyl (C=O) groups is 1. The van der Waals surface area contributed by atoms with Crippen molar-refractivity contribution in [2.45, 2.75) is 40.5 Å². The molecule has 3 heteroatoms. The molecule has 0 saturated heterocycles. The number of para-hydroxylation sites is 2. The fraction of sp³-hybridized carbons (Fsp3) is 0.533. The SMILES string of the molecule is CCCOc1ccccc1NC(=O)CC(C)(C)C. The Labute approximate surface area is 110 Å². The normalized spacial score (nSPS) is 11.1. The van der Waals surface area contributed by atoms with Gasteiger partial charge >= 0.3 is 0 Å². The first kappa shape index (κ1) is 14.6. The predicted octanol–water partition coefficient (Wildman–Crippen LogP) is 3.85. The van der Waals surface area contributed by atoms with Gasteiger partial charge in [0.1, 0.15) is 5.75 Å². The predicted molar refractivity (Wildman–Crippen MR) is 74.9 cm³/mol. The van der Waals surface area contributed by atoms with E-state index in [1.807, 2.05) is 45.0 Å². The van der Waals surface area contributed by atoms with Crippen molar-refractivity contribution < 1.29 is 9.53 Å². The number of hydrogen-bond acceptors (Lipinski definition) is 2. The van der Waals surface area contributed by atoms with E-state index < -0.39 is 0 Å². The second-order valence-electron chi connectivity index (χ2n) is 5.63. The lowest BCUT2D eigenvalue weighted by Crippen LogP contribution is -2.20. The lowest BCUT2D eigenvalue weighted by Gasteiger charge is -2.18. The lowest BCUT2D eigenvalue weighted by atomic mass is 9.92. The van der Waals surface area contributed by atoms with Gasteiger partial charge in [-0.25, -0.2) is 0 Å². The van der Waals surface area contributed by atoms with Gasteiger partial charge in [0.2, 0.25) is 5.91 Å². The highest BCUT2D eigenvalue weighted by Gasteiger charge is 2.16. The molecule has 0 aliphatic rings. The standard InChI is InChI=1S/C15H23NO2/c1-5-10-18-13-9-7-6-8-12(13)16-14(17)11-15(2,3)4/h6-9H,5,10-11H2,1-4H3,(H,16,17). The Morgan fingerprint density at radius 2 is 1.94 bits per heavy atom. The molecule has 0 heterocycles. The number of benzene rings is 1. The summed E-state index contributed by atoms with van der Waals surface area (Å²) in [6.45, 7) is 8.86. The summed E-state index contributed by atoms with van der Waals surface area (Å²) < 4.78 is 5.60. The smallest absolute Gasteiger partial charge is 0.224 e.